The van der Waals surface area contributed by atoms with Crippen LogP contribution in [0.4, 0.5) is 10.1 Å². The monoisotopic (exact) mass is 292 g/mol. The Hall–Kier alpha value is -2.77. The summed E-state index contributed by atoms with van der Waals surface area (Å²) in [6, 6.07) is 2.67. The van der Waals surface area contributed by atoms with Crippen LogP contribution in [0.25, 0.3) is 0 Å². The Morgan fingerprint density at radius 2 is 2.33 bits per heavy atom. The van der Waals surface area contributed by atoms with Gasteiger partial charge in [-0.15, -0.1) is 0 Å². The number of nitrogens with one attached hydrogen (secondary N) is 2. The van der Waals surface area contributed by atoms with Crippen LogP contribution in [-0.2, 0) is 0 Å². The molecule has 21 heavy (non-hydrogen) atoms. The largest absolute Gasteiger partial charge is 0.347 e. The molecule has 1 atom stereocenters. The first-order valence-electron chi connectivity index (χ1n) is 6.27. The second-order valence-corrected chi connectivity index (χ2v) is 4.33. The molecule has 1 aromatic carbocycles. The Bertz CT molecular complexity index is 657. The molecular formula is C13H13FN4O3. The molecule has 1 unspecified atom stereocenters. The maximum absolute atomic E-state index is 13.2. The van der Waals surface area contributed by atoms with E-state index in [1.165, 1.54) is 6.07 Å². The van der Waals surface area contributed by atoms with Crippen molar-refractivity contribution in [3.8, 4) is 0 Å². The van der Waals surface area contributed by atoms with Crippen LogP contribution in [0.2, 0.25) is 0 Å². The lowest BCUT2D eigenvalue weighted by Gasteiger charge is -2.14. The third-order valence-electron chi connectivity index (χ3n) is 2.97. The fourth-order valence-electron chi connectivity index (χ4n) is 1.87. The summed E-state index contributed by atoms with van der Waals surface area (Å²) in [5, 5.41) is 13.4. The molecule has 0 aliphatic heterocycles. The van der Waals surface area contributed by atoms with Crippen molar-refractivity contribution in [3.05, 3.63) is 57.9 Å². The summed E-state index contributed by atoms with van der Waals surface area (Å²) >= 11 is 0. The SMILES string of the molecule is CCC(NC(=O)c1ccc(F)c([N+](=O)[O-])c1)c1ncc[nH]1. The van der Waals surface area contributed by atoms with E-state index in [9.17, 15) is 19.3 Å². The summed E-state index contributed by atoms with van der Waals surface area (Å²) in [5.74, 6) is -0.918. The molecule has 0 saturated carbocycles. The van der Waals surface area contributed by atoms with E-state index in [1.807, 2.05) is 6.92 Å². The number of nitrogens with zero attached hydrogens (tertiary/aromatic N) is 2. The highest BCUT2D eigenvalue weighted by Gasteiger charge is 2.20. The van der Waals surface area contributed by atoms with Crippen molar-refractivity contribution < 1.29 is 14.1 Å². The van der Waals surface area contributed by atoms with E-state index >= 15 is 0 Å². The van der Waals surface area contributed by atoms with Crippen LogP contribution in [0.15, 0.2) is 30.6 Å². The Balaban J connectivity index is 2.20. The molecular weight excluding hydrogens is 279 g/mol. The minimum atomic E-state index is -0.977. The van der Waals surface area contributed by atoms with Crippen LogP contribution < -0.4 is 5.32 Å². The van der Waals surface area contributed by atoms with Crippen molar-refractivity contribution in [3.63, 3.8) is 0 Å². The van der Waals surface area contributed by atoms with Crippen molar-refractivity contribution >= 4 is 11.6 Å². The van der Waals surface area contributed by atoms with E-state index in [0.29, 0.717) is 12.2 Å². The summed E-state index contributed by atoms with van der Waals surface area (Å²) in [4.78, 5) is 28.9. The molecule has 0 aliphatic carbocycles. The zero-order valence-corrected chi connectivity index (χ0v) is 11.2. The molecule has 0 radical (unpaired) electrons. The maximum Gasteiger partial charge on any atom is 0.305 e. The van der Waals surface area contributed by atoms with Crippen LogP contribution >= 0.6 is 0 Å². The van der Waals surface area contributed by atoms with Crippen molar-refractivity contribution in [2.75, 3.05) is 0 Å². The third-order valence-corrected chi connectivity index (χ3v) is 2.97. The minimum Gasteiger partial charge on any atom is -0.347 e. The number of aromatic nitrogens is 2. The maximum atomic E-state index is 13.2. The Kier molecular flexibility index (Phi) is 4.27. The van der Waals surface area contributed by atoms with Crippen molar-refractivity contribution in [1.82, 2.24) is 15.3 Å². The number of carbonyl (C=O) groups excluding carboxylic acids is 1. The molecule has 1 amide bonds. The van der Waals surface area contributed by atoms with Crippen LogP contribution in [0.5, 0.6) is 0 Å². The van der Waals surface area contributed by atoms with E-state index in [1.54, 1.807) is 12.4 Å². The lowest BCUT2D eigenvalue weighted by molar-refractivity contribution is -0.387. The number of aromatic amines is 1. The van der Waals surface area contributed by atoms with Gasteiger partial charge in [0.1, 0.15) is 5.82 Å². The van der Waals surface area contributed by atoms with Crippen LogP contribution in [0.1, 0.15) is 35.6 Å². The quantitative estimate of drug-likeness (QED) is 0.652. The van der Waals surface area contributed by atoms with E-state index in [2.05, 4.69) is 15.3 Å². The highest BCUT2D eigenvalue weighted by Crippen LogP contribution is 2.19. The van der Waals surface area contributed by atoms with Gasteiger partial charge in [-0.1, -0.05) is 6.92 Å². The molecule has 0 saturated heterocycles. The molecule has 1 heterocycles. The first-order chi connectivity index (χ1) is 10.0. The number of hydrogen-bond donors (Lipinski definition) is 2. The molecule has 0 fully saturated rings. The van der Waals surface area contributed by atoms with Crippen LogP contribution in [-0.4, -0.2) is 20.8 Å². The van der Waals surface area contributed by atoms with Gasteiger partial charge in [0.25, 0.3) is 5.91 Å². The number of benzene rings is 1. The molecule has 7 nitrogen and oxygen atoms in total. The van der Waals surface area contributed by atoms with Gasteiger partial charge in [0.05, 0.1) is 11.0 Å². The molecule has 2 N–H and O–H groups in total. The standard InChI is InChI=1S/C13H13FN4O3/c1-2-10(12-15-5-6-16-12)17-13(19)8-3-4-9(14)11(7-8)18(20)21/h3-7,10H,2H2,1H3,(H,15,16)(H,17,19). The first-order valence-corrected chi connectivity index (χ1v) is 6.27. The van der Waals surface area contributed by atoms with Crippen molar-refractivity contribution in [1.29, 1.82) is 0 Å². The number of nitro benzene ring substituents is 1. The normalized spacial score (nSPS) is 11.9. The Morgan fingerprint density at radius 3 is 2.90 bits per heavy atom. The van der Waals surface area contributed by atoms with Gasteiger partial charge in [0.15, 0.2) is 0 Å². The fourth-order valence-corrected chi connectivity index (χ4v) is 1.87. The fraction of sp³-hybridized carbons (Fsp3) is 0.231. The molecule has 0 spiro atoms. The summed E-state index contributed by atoms with van der Waals surface area (Å²) in [6.07, 6.45) is 3.78. The second-order valence-electron chi connectivity index (χ2n) is 4.33. The number of halogens is 1. The summed E-state index contributed by atoms with van der Waals surface area (Å²) in [6.45, 7) is 1.86. The predicted octanol–water partition coefficient (Wildman–Crippen LogP) is 2.34. The number of imidazole rings is 1. The first kappa shape index (κ1) is 14.6. The van der Waals surface area contributed by atoms with E-state index in [4.69, 9.17) is 0 Å². The predicted molar refractivity (Wildman–Crippen MR) is 72.1 cm³/mol. The summed E-state index contributed by atoms with van der Waals surface area (Å²) in [7, 11) is 0. The van der Waals surface area contributed by atoms with Crippen LogP contribution in [0, 0.1) is 15.9 Å². The number of nitro groups is 1. The molecule has 110 valence electrons. The number of amides is 1. The van der Waals surface area contributed by atoms with E-state index in [-0.39, 0.29) is 11.6 Å². The number of hydrogen-bond acceptors (Lipinski definition) is 4. The van der Waals surface area contributed by atoms with Gasteiger partial charge in [-0.25, -0.2) is 4.98 Å². The van der Waals surface area contributed by atoms with Crippen molar-refractivity contribution in [2.45, 2.75) is 19.4 Å². The summed E-state index contributed by atoms with van der Waals surface area (Å²) < 4.78 is 13.2. The molecule has 1 aromatic heterocycles. The number of rotatable bonds is 5. The molecule has 2 rings (SSSR count). The molecule has 8 heteroatoms. The van der Waals surface area contributed by atoms with Gasteiger partial charge in [0, 0.05) is 24.0 Å². The zero-order valence-electron chi connectivity index (χ0n) is 11.2. The molecule has 0 bridgehead atoms. The van der Waals surface area contributed by atoms with E-state index in [0.717, 1.165) is 12.1 Å². The summed E-state index contributed by atoms with van der Waals surface area (Å²) in [5.41, 5.74) is -0.707. The lowest BCUT2D eigenvalue weighted by atomic mass is 10.1. The van der Waals surface area contributed by atoms with Gasteiger partial charge in [-0.05, 0) is 18.6 Å². The minimum absolute atomic E-state index is 0.0214. The van der Waals surface area contributed by atoms with Crippen LogP contribution in [0.3, 0.4) is 0 Å². The van der Waals surface area contributed by atoms with Gasteiger partial charge < -0.3 is 10.3 Å². The number of carbonyl (C=O) groups is 1. The second kappa shape index (κ2) is 6.12. The van der Waals surface area contributed by atoms with Gasteiger partial charge >= 0.3 is 5.69 Å². The Morgan fingerprint density at radius 1 is 1.57 bits per heavy atom. The van der Waals surface area contributed by atoms with Crippen molar-refractivity contribution in [2.24, 2.45) is 0 Å². The van der Waals surface area contributed by atoms with E-state index < -0.39 is 22.3 Å². The smallest absolute Gasteiger partial charge is 0.305 e. The lowest BCUT2D eigenvalue weighted by Crippen LogP contribution is -2.29. The average Bonchev–Trinajstić information content (AvgIpc) is 2.98. The average molecular weight is 292 g/mol. The van der Waals surface area contributed by atoms with Gasteiger partial charge in [-0.3, -0.25) is 14.9 Å². The zero-order chi connectivity index (χ0) is 15.4. The van der Waals surface area contributed by atoms with Gasteiger partial charge in [-0.2, -0.15) is 4.39 Å². The van der Waals surface area contributed by atoms with Gasteiger partial charge in [0.2, 0.25) is 5.82 Å². The highest BCUT2D eigenvalue weighted by molar-refractivity contribution is 5.95. The Labute approximate surface area is 119 Å². The molecule has 2 aromatic rings. The number of H-pyrrole nitrogens is 1. The molecule has 0 aliphatic rings. The third kappa shape index (κ3) is 3.22. The topological polar surface area (TPSA) is 101 Å². The highest BCUT2D eigenvalue weighted by atomic mass is 19.1.